The molecule has 27 heavy (non-hydrogen) atoms. The van der Waals surface area contributed by atoms with Crippen molar-refractivity contribution in [2.24, 2.45) is 0 Å². The van der Waals surface area contributed by atoms with Crippen LogP contribution in [0.4, 0.5) is 5.69 Å². The first-order valence-electron chi connectivity index (χ1n) is 8.06. The van der Waals surface area contributed by atoms with Gasteiger partial charge in [-0.15, -0.1) is 0 Å². The maximum atomic E-state index is 12.5. The summed E-state index contributed by atoms with van der Waals surface area (Å²) >= 11 is 0. The number of sulfone groups is 1. The molecule has 2 aromatic rings. The molecule has 1 atom stereocenters. The van der Waals surface area contributed by atoms with Gasteiger partial charge in [0.15, 0.2) is 9.84 Å². The van der Waals surface area contributed by atoms with Crippen LogP contribution in [0.5, 0.6) is 0 Å². The maximum absolute atomic E-state index is 12.5. The summed E-state index contributed by atoms with van der Waals surface area (Å²) < 4.78 is 48.1. The second kappa shape index (κ2) is 7.69. The molecule has 0 spiro atoms. The van der Waals surface area contributed by atoms with Crippen LogP contribution in [0.3, 0.4) is 0 Å². The van der Waals surface area contributed by atoms with E-state index in [9.17, 15) is 21.6 Å². The summed E-state index contributed by atoms with van der Waals surface area (Å²) in [6.45, 7) is 3.50. The van der Waals surface area contributed by atoms with E-state index >= 15 is 0 Å². The average molecular weight is 411 g/mol. The van der Waals surface area contributed by atoms with Crippen molar-refractivity contribution in [3.05, 3.63) is 59.2 Å². The fourth-order valence-corrected chi connectivity index (χ4v) is 3.75. The van der Waals surface area contributed by atoms with Crippen molar-refractivity contribution in [2.75, 3.05) is 17.2 Å². The fraction of sp³-hybridized carbons (Fsp3) is 0.278. The minimum atomic E-state index is -3.40. The molecule has 0 aromatic heterocycles. The molecule has 2 aromatic carbocycles. The van der Waals surface area contributed by atoms with E-state index in [-0.39, 0.29) is 16.8 Å². The Morgan fingerprint density at radius 1 is 0.963 bits per heavy atom. The van der Waals surface area contributed by atoms with Crippen molar-refractivity contribution in [2.45, 2.75) is 24.8 Å². The van der Waals surface area contributed by atoms with Gasteiger partial charge in [0.2, 0.25) is 10.0 Å². The number of rotatable bonds is 6. The van der Waals surface area contributed by atoms with Gasteiger partial charge in [0.25, 0.3) is 5.91 Å². The van der Waals surface area contributed by atoms with Crippen LogP contribution in [0.25, 0.3) is 0 Å². The highest BCUT2D eigenvalue weighted by Gasteiger charge is 2.14. The number of carbonyl (C=O) groups excluding carboxylic acids is 1. The Balaban J connectivity index is 2.13. The lowest BCUT2D eigenvalue weighted by atomic mass is 10.1. The number of hydrogen-bond acceptors (Lipinski definition) is 5. The SMILES string of the molecule is Cc1cc(C(=O)NC(C)c2ccc(S(C)(=O)=O)cc2)ccc1NS(C)(=O)=O. The number of benzene rings is 2. The lowest BCUT2D eigenvalue weighted by Gasteiger charge is -2.16. The zero-order valence-electron chi connectivity index (χ0n) is 15.5. The van der Waals surface area contributed by atoms with Gasteiger partial charge in [-0.1, -0.05) is 12.1 Å². The van der Waals surface area contributed by atoms with Crippen molar-refractivity contribution in [3.8, 4) is 0 Å². The minimum absolute atomic E-state index is 0.217. The van der Waals surface area contributed by atoms with E-state index in [0.717, 1.165) is 18.1 Å². The van der Waals surface area contributed by atoms with Crippen LogP contribution in [0, 0.1) is 6.92 Å². The van der Waals surface area contributed by atoms with Crippen LogP contribution < -0.4 is 10.0 Å². The molecule has 0 saturated heterocycles. The van der Waals surface area contributed by atoms with E-state index in [4.69, 9.17) is 0 Å². The number of aryl methyl sites for hydroxylation is 1. The van der Waals surface area contributed by atoms with E-state index in [1.54, 1.807) is 32.0 Å². The number of carbonyl (C=O) groups is 1. The molecule has 146 valence electrons. The monoisotopic (exact) mass is 410 g/mol. The highest BCUT2D eigenvalue weighted by molar-refractivity contribution is 7.92. The van der Waals surface area contributed by atoms with Gasteiger partial charge in [0, 0.05) is 11.8 Å². The molecular formula is C18H22N2O5S2. The fourth-order valence-electron chi connectivity index (χ4n) is 2.49. The van der Waals surface area contributed by atoms with Gasteiger partial charge in [0.1, 0.15) is 0 Å². The van der Waals surface area contributed by atoms with E-state index in [1.807, 2.05) is 0 Å². The Bertz CT molecular complexity index is 1060. The molecule has 2 N–H and O–H groups in total. The second-order valence-corrected chi connectivity index (χ2v) is 10.2. The Morgan fingerprint density at radius 2 is 1.56 bits per heavy atom. The largest absolute Gasteiger partial charge is 0.346 e. The third-order valence-corrected chi connectivity index (χ3v) is 5.66. The second-order valence-electron chi connectivity index (χ2n) is 6.44. The van der Waals surface area contributed by atoms with Crippen molar-refractivity contribution >= 4 is 31.5 Å². The standard InChI is InChI=1S/C18H22N2O5S2/c1-12-11-15(7-10-17(12)20-27(4,24)25)18(21)19-13(2)14-5-8-16(9-6-14)26(3,22)23/h5-11,13,20H,1-4H3,(H,19,21). The van der Waals surface area contributed by atoms with Gasteiger partial charge in [0.05, 0.1) is 22.9 Å². The number of hydrogen-bond donors (Lipinski definition) is 2. The number of nitrogens with one attached hydrogen (secondary N) is 2. The topological polar surface area (TPSA) is 109 Å². The predicted octanol–water partition coefficient (Wildman–Crippen LogP) is 2.26. The van der Waals surface area contributed by atoms with Crippen LogP contribution in [-0.4, -0.2) is 35.3 Å². The third kappa shape index (κ3) is 5.80. The Kier molecular flexibility index (Phi) is 5.96. The van der Waals surface area contributed by atoms with E-state index in [1.165, 1.54) is 24.3 Å². The van der Waals surface area contributed by atoms with E-state index in [0.29, 0.717) is 16.8 Å². The summed E-state index contributed by atoms with van der Waals surface area (Å²) in [5.41, 5.74) is 2.20. The molecule has 0 aliphatic rings. The van der Waals surface area contributed by atoms with Crippen molar-refractivity contribution in [3.63, 3.8) is 0 Å². The van der Waals surface area contributed by atoms with Crippen LogP contribution in [0.15, 0.2) is 47.4 Å². The van der Waals surface area contributed by atoms with Crippen LogP contribution in [-0.2, 0) is 19.9 Å². The van der Waals surface area contributed by atoms with Crippen LogP contribution in [0.2, 0.25) is 0 Å². The molecule has 0 saturated carbocycles. The predicted molar refractivity (Wildman–Crippen MR) is 105 cm³/mol. The Morgan fingerprint density at radius 3 is 2.04 bits per heavy atom. The summed E-state index contributed by atoms with van der Waals surface area (Å²) in [5, 5.41) is 2.84. The quantitative estimate of drug-likeness (QED) is 0.759. The highest BCUT2D eigenvalue weighted by atomic mass is 32.2. The van der Waals surface area contributed by atoms with Crippen LogP contribution >= 0.6 is 0 Å². The summed E-state index contributed by atoms with van der Waals surface area (Å²) in [6.07, 6.45) is 2.20. The summed E-state index contributed by atoms with van der Waals surface area (Å²) in [5.74, 6) is -0.316. The summed E-state index contributed by atoms with van der Waals surface area (Å²) in [7, 11) is -6.66. The third-order valence-electron chi connectivity index (χ3n) is 3.94. The van der Waals surface area contributed by atoms with Gasteiger partial charge in [-0.3, -0.25) is 9.52 Å². The Hall–Kier alpha value is -2.39. The van der Waals surface area contributed by atoms with Crippen molar-refractivity contribution in [1.82, 2.24) is 5.32 Å². The zero-order valence-corrected chi connectivity index (χ0v) is 17.1. The molecule has 7 nitrogen and oxygen atoms in total. The molecule has 0 aliphatic heterocycles. The van der Waals surface area contributed by atoms with Gasteiger partial charge < -0.3 is 5.32 Å². The first-order valence-corrected chi connectivity index (χ1v) is 11.8. The smallest absolute Gasteiger partial charge is 0.251 e. The van der Waals surface area contributed by atoms with Crippen molar-refractivity contribution in [1.29, 1.82) is 0 Å². The van der Waals surface area contributed by atoms with Gasteiger partial charge in [-0.2, -0.15) is 0 Å². The lowest BCUT2D eigenvalue weighted by molar-refractivity contribution is 0.0940. The average Bonchev–Trinajstić information content (AvgIpc) is 2.54. The molecular weight excluding hydrogens is 388 g/mol. The molecule has 0 heterocycles. The summed E-state index contributed by atoms with van der Waals surface area (Å²) in [6, 6.07) is 10.7. The first-order chi connectivity index (χ1) is 12.4. The molecule has 1 unspecified atom stereocenters. The highest BCUT2D eigenvalue weighted by Crippen LogP contribution is 2.20. The van der Waals surface area contributed by atoms with E-state index in [2.05, 4.69) is 10.0 Å². The molecule has 0 bridgehead atoms. The lowest BCUT2D eigenvalue weighted by Crippen LogP contribution is -2.26. The number of amides is 1. The normalized spacial score (nSPS) is 13.0. The Labute approximate surface area is 159 Å². The van der Waals surface area contributed by atoms with Gasteiger partial charge in [-0.05, 0) is 55.3 Å². The molecule has 1 amide bonds. The van der Waals surface area contributed by atoms with Crippen LogP contribution in [0.1, 0.15) is 34.5 Å². The minimum Gasteiger partial charge on any atom is -0.346 e. The van der Waals surface area contributed by atoms with Crippen molar-refractivity contribution < 1.29 is 21.6 Å². The molecule has 9 heteroatoms. The first kappa shape index (κ1) is 20.9. The molecule has 2 rings (SSSR count). The summed E-state index contributed by atoms with van der Waals surface area (Å²) in [4.78, 5) is 12.7. The van der Waals surface area contributed by atoms with Gasteiger partial charge >= 0.3 is 0 Å². The molecule has 0 radical (unpaired) electrons. The molecule has 0 fully saturated rings. The number of sulfonamides is 1. The zero-order chi connectivity index (χ0) is 20.4. The van der Waals surface area contributed by atoms with Gasteiger partial charge in [-0.25, -0.2) is 16.8 Å². The maximum Gasteiger partial charge on any atom is 0.251 e. The molecule has 0 aliphatic carbocycles. The number of anilines is 1. The van der Waals surface area contributed by atoms with E-state index < -0.39 is 19.9 Å².